The monoisotopic (exact) mass is 233 g/mol. The average molecular weight is 233 g/mol. The van der Waals surface area contributed by atoms with Crippen LogP contribution in [0.5, 0.6) is 0 Å². The van der Waals surface area contributed by atoms with E-state index in [-0.39, 0.29) is 11.4 Å². The zero-order chi connectivity index (χ0) is 12.5. The Labute approximate surface area is 100 Å². The number of nitrogens with two attached hydrogens (primary N) is 1. The minimum atomic E-state index is -0.238. The van der Waals surface area contributed by atoms with E-state index in [0.717, 1.165) is 11.3 Å². The molecule has 1 aromatic carbocycles. The highest BCUT2D eigenvalue weighted by molar-refractivity contribution is 5.59. The minimum Gasteiger partial charge on any atom is -0.328 e. The Kier molecular flexibility index (Phi) is 2.98. The van der Waals surface area contributed by atoms with Crippen LogP contribution in [0, 0.1) is 5.82 Å². The first kappa shape index (κ1) is 11.8. The molecule has 0 radical (unpaired) electrons. The van der Waals surface area contributed by atoms with E-state index < -0.39 is 0 Å². The van der Waals surface area contributed by atoms with Crippen LogP contribution in [-0.2, 0) is 5.54 Å². The van der Waals surface area contributed by atoms with Gasteiger partial charge in [-0.1, -0.05) is 0 Å². The van der Waals surface area contributed by atoms with Crippen LogP contribution in [-0.4, -0.2) is 16.1 Å². The maximum absolute atomic E-state index is 12.9. The van der Waals surface area contributed by atoms with Crippen molar-refractivity contribution < 1.29 is 4.39 Å². The van der Waals surface area contributed by atoms with Crippen molar-refractivity contribution in [1.82, 2.24) is 9.55 Å². The molecule has 0 aliphatic heterocycles. The molecule has 0 bridgehead atoms. The number of benzene rings is 1. The highest BCUT2D eigenvalue weighted by atomic mass is 19.1. The van der Waals surface area contributed by atoms with Crippen LogP contribution in [0.1, 0.15) is 13.8 Å². The van der Waals surface area contributed by atoms with E-state index in [4.69, 9.17) is 5.73 Å². The molecule has 0 atom stereocenters. The van der Waals surface area contributed by atoms with Crippen LogP contribution in [0.4, 0.5) is 4.39 Å². The van der Waals surface area contributed by atoms with Gasteiger partial charge in [-0.3, -0.25) is 0 Å². The van der Waals surface area contributed by atoms with Crippen LogP contribution >= 0.6 is 0 Å². The van der Waals surface area contributed by atoms with E-state index in [9.17, 15) is 4.39 Å². The van der Waals surface area contributed by atoms with E-state index in [0.29, 0.717) is 6.54 Å². The summed E-state index contributed by atoms with van der Waals surface area (Å²) in [6, 6.07) is 6.38. The number of aromatic nitrogens is 2. The van der Waals surface area contributed by atoms with Crippen LogP contribution in [0.3, 0.4) is 0 Å². The first-order chi connectivity index (χ1) is 8.04. The third kappa shape index (κ3) is 2.22. The molecule has 0 saturated heterocycles. The topological polar surface area (TPSA) is 43.8 Å². The second-order valence-corrected chi connectivity index (χ2v) is 4.67. The number of halogens is 1. The lowest BCUT2D eigenvalue weighted by Gasteiger charge is -2.26. The molecule has 0 saturated carbocycles. The molecule has 2 rings (SSSR count). The lowest BCUT2D eigenvalue weighted by Crippen LogP contribution is -2.34. The molecule has 0 aliphatic carbocycles. The molecular weight excluding hydrogens is 217 g/mol. The van der Waals surface area contributed by atoms with Crippen molar-refractivity contribution >= 4 is 0 Å². The van der Waals surface area contributed by atoms with E-state index in [1.165, 1.54) is 12.1 Å². The molecule has 2 N–H and O–H groups in total. The van der Waals surface area contributed by atoms with E-state index in [1.807, 2.05) is 18.4 Å². The first-order valence-corrected chi connectivity index (χ1v) is 5.53. The SMILES string of the molecule is CC(C)(CN)n1cncc1-c1ccc(F)cc1. The second kappa shape index (κ2) is 4.30. The van der Waals surface area contributed by atoms with Gasteiger partial charge in [-0.05, 0) is 43.7 Å². The van der Waals surface area contributed by atoms with Crippen molar-refractivity contribution in [3.8, 4) is 11.3 Å². The lowest BCUT2D eigenvalue weighted by molar-refractivity contribution is 0.370. The largest absolute Gasteiger partial charge is 0.328 e. The summed E-state index contributed by atoms with van der Waals surface area (Å²) in [6.07, 6.45) is 3.52. The van der Waals surface area contributed by atoms with Gasteiger partial charge in [0.2, 0.25) is 0 Å². The summed E-state index contributed by atoms with van der Waals surface area (Å²) >= 11 is 0. The fourth-order valence-electron chi connectivity index (χ4n) is 1.71. The Bertz CT molecular complexity index is 500. The van der Waals surface area contributed by atoms with Crippen molar-refractivity contribution in [1.29, 1.82) is 0 Å². The molecule has 3 nitrogen and oxygen atoms in total. The Hall–Kier alpha value is -1.68. The highest BCUT2D eigenvalue weighted by Gasteiger charge is 2.21. The molecule has 0 fully saturated rings. The molecule has 4 heteroatoms. The van der Waals surface area contributed by atoms with Gasteiger partial charge in [-0.15, -0.1) is 0 Å². The Morgan fingerprint density at radius 2 is 1.94 bits per heavy atom. The quantitative estimate of drug-likeness (QED) is 0.884. The average Bonchev–Trinajstić information content (AvgIpc) is 2.80. The molecule has 0 amide bonds. The maximum Gasteiger partial charge on any atom is 0.123 e. The zero-order valence-electron chi connectivity index (χ0n) is 10.0. The van der Waals surface area contributed by atoms with Gasteiger partial charge in [0.1, 0.15) is 5.82 Å². The summed E-state index contributed by atoms with van der Waals surface area (Å²) in [4.78, 5) is 4.15. The standard InChI is InChI=1S/C13H16FN3/c1-13(2,8-15)17-9-16-7-12(17)10-3-5-11(14)6-4-10/h3-7,9H,8,15H2,1-2H3. The van der Waals surface area contributed by atoms with Gasteiger partial charge in [-0.2, -0.15) is 0 Å². The third-order valence-corrected chi connectivity index (χ3v) is 2.93. The van der Waals surface area contributed by atoms with Crippen LogP contribution < -0.4 is 5.73 Å². The van der Waals surface area contributed by atoms with E-state index >= 15 is 0 Å². The summed E-state index contributed by atoms with van der Waals surface area (Å²) in [5, 5.41) is 0. The van der Waals surface area contributed by atoms with E-state index in [1.54, 1.807) is 24.7 Å². The molecule has 1 aromatic heterocycles. The summed E-state index contributed by atoms with van der Waals surface area (Å²) in [5.41, 5.74) is 7.43. The van der Waals surface area contributed by atoms with E-state index in [2.05, 4.69) is 4.98 Å². The van der Waals surface area contributed by atoms with Gasteiger partial charge in [0, 0.05) is 6.54 Å². The van der Waals surface area contributed by atoms with Crippen molar-refractivity contribution in [2.75, 3.05) is 6.54 Å². The van der Waals surface area contributed by atoms with Gasteiger partial charge >= 0.3 is 0 Å². The smallest absolute Gasteiger partial charge is 0.123 e. The predicted molar refractivity (Wildman–Crippen MR) is 66.0 cm³/mol. The number of rotatable bonds is 3. The number of nitrogens with zero attached hydrogens (tertiary/aromatic N) is 2. The highest BCUT2D eigenvalue weighted by Crippen LogP contribution is 2.25. The number of hydrogen-bond acceptors (Lipinski definition) is 2. The molecule has 1 heterocycles. The fourth-order valence-corrected chi connectivity index (χ4v) is 1.71. The molecule has 17 heavy (non-hydrogen) atoms. The molecule has 2 aromatic rings. The van der Waals surface area contributed by atoms with Crippen LogP contribution in [0.15, 0.2) is 36.8 Å². The Morgan fingerprint density at radius 1 is 1.29 bits per heavy atom. The number of hydrogen-bond donors (Lipinski definition) is 1. The first-order valence-electron chi connectivity index (χ1n) is 5.53. The second-order valence-electron chi connectivity index (χ2n) is 4.67. The maximum atomic E-state index is 12.9. The summed E-state index contributed by atoms with van der Waals surface area (Å²) in [6.45, 7) is 4.60. The van der Waals surface area contributed by atoms with Gasteiger partial charge < -0.3 is 10.3 Å². The van der Waals surface area contributed by atoms with Crippen molar-refractivity contribution in [2.24, 2.45) is 5.73 Å². The molecular formula is C13H16FN3. The Balaban J connectivity index is 2.47. The summed E-state index contributed by atoms with van der Waals surface area (Å²) in [7, 11) is 0. The lowest BCUT2D eigenvalue weighted by atomic mass is 10.0. The predicted octanol–water partition coefficient (Wildman–Crippen LogP) is 2.38. The summed E-state index contributed by atoms with van der Waals surface area (Å²) < 4.78 is 14.9. The minimum absolute atomic E-state index is 0.208. The van der Waals surface area contributed by atoms with Crippen molar-refractivity contribution in [3.63, 3.8) is 0 Å². The van der Waals surface area contributed by atoms with Crippen LogP contribution in [0.25, 0.3) is 11.3 Å². The van der Waals surface area contributed by atoms with Crippen molar-refractivity contribution in [3.05, 3.63) is 42.6 Å². The van der Waals surface area contributed by atoms with Crippen molar-refractivity contribution in [2.45, 2.75) is 19.4 Å². The zero-order valence-corrected chi connectivity index (χ0v) is 10.0. The van der Waals surface area contributed by atoms with Crippen LogP contribution in [0.2, 0.25) is 0 Å². The van der Waals surface area contributed by atoms with Gasteiger partial charge in [-0.25, -0.2) is 9.37 Å². The molecule has 0 unspecified atom stereocenters. The fraction of sp³-hybridized carbons (Fsp3) is 0.308. The summed E-state index contributed by atoms with van der Waals surface area (Å²) in [5.74, 6) is -0.238. The molecule has 0 spiro atoms. The van der Waals surface area contributed by atoms with Gasteiger partial charge in [0.25, 0.3) is 0 Å². The van der Waals surface area contributed by atoms with Gasteiger partial charge in [0.05, 0.1) is 23.8 Å². The third-order valence-electron chi connectivity index (χ3n) is 2.93. The number of imidazole rings is 1. The normalized spacial score (nSPS) is 11.8. The molecule has 90 valence electrons. The van der Waals surface area contributed by atoms with Gasteiger partial charge in [0.15, 0.2) is 0 Å². The molecule has 0 aliphatic rings. The Morgan fingerprint density at radius 3 is 2.53 bits per heavy atom.